The zero-order valence-electron chi connectivity index (χ0n) is 67.9. The Morgan fingerprint density at radius 1 is 0.568 bits per heavy atom. The van der Waals surface area contributed by atoms with E-state index in [1.807, 2.05) is 34.6 Å². The molecule has 0 radical (unpaired) electrons. The maximum absolute atomic E-state index is 15.8. The molecule has 1 spiro atoms. The Morgan fingerprint density at radius 3 is 1.75 bits per heavy atom. The van der Waals surface area contributed by atoms with Crippen LogP contribution in [0.1, 0.15) is 215 Å². The van der Waals surface area contributed by atoms with Crippen LogP contribution in [0, 0.1) is 41.4 Å². The lowest BCUT2D eigenvalue weighted by Gasteiger charge is -2.41. The highest BCUT2D eigenvalue weighted by Gasteiger charge is 2.53. The van der Waals surface area contributed by atoms with Crippen molar-refractivity contribution in [2.75, 3.05) is 95.2 Å². The molecule has 3 N–H and O–H groups in total. The highest BCUT2D eigenvalue weighted by atomic mass is 19.4. The SMILES string of the molecule is CC[C@H](C)[C@@H]1NC(=O)[C@H](CC(C)C)N(C)C(=O)C[C@@H](C(=O)N2CCCCC2)N(C)C(=O)[C@H](CC(C)C)N(C)C(=O)C2(CCCC2)NC(=O)[C@@H]2C[C@H](OCC3CCC(OC(F)F)CC3)CN2C(=O)[C@H](CCC2CCC(C(F)(F)F)C(F)C2)NC(=O)CN(C)C(=O)[C@H](CC2CCCCC2)N(C)C(=O)CN(C)C(=O)CN(C)C1=O. The van der Waals surface area contributed by atoms with Crippen molar-refractivity contribution in [3.05, 3.63) is 0 Å². The molecular formula is C79H128F6N12O14. The van der Waals surface area contributed by atoms with Gasteiger partial charge in [-0.3, -0.25) is 57.5 Å². The van der Waals surface area contributed by atoms with Crippen LogP contribution in [0.4, 0.5) is 26.3 Å². The van der Waals surface area contributed by atoms with E-state index in [9.17, 15) is 45.9 Å². The van der Waals surface area contributed by atoms with E-state index >= 15 is 38.0 Å². The molecule has 0 aromatic carbocycles. The minimum absolute atomic E-state index is 0.0310. The van der Waals surface area contributed by atoms with Crippen molar-refractivity contribution in [1.29, 1.82) is 0 Å². The van der Waals surface area contributed by atoms with Gasteiger partial charge in [-0.05, 0) is 145 Å². The maximum Gasteiger partial charge on any atom is 0.394 e. The number of amides is 12. The van der Waals surface area contributed by atoms with Crippen molar-refractivity contribution < 1.29 is 93.4 Å². The summed E-state index contributed by atoms with van der Waals surface area (Å²) in [6.07, 6.45) is -1.29. The molecule has 7 rings (SSSR count). The Balaban J connectivity index is 1.31. The molecule has 3 saturated heterocycles. The second-order valence-corrected chi connectivity index (χ2v) is 34.1. The number of hydrogen-bond acceptors (Lipinski definition) is 14. The number of rotatable bonds is 17. The zero-order valence-corrected chi connectivity index (χ0v) is 67.9. The van der Waals surface area contributed by atoms with Crippen LogP contribution in [-0.2, 0) is 67.0 Å². The number of alkyl halides is 6. The first-order chi connectivity index (χ1) is 52.2. The Morgan fingerprint density at radius 2 is 1.15 bits per heavy atom. The minimum Gasteiger partial charge on any atom is -0.376 e. The van der Waals surface area contributed by atoms with Gasteiger partial charge in [0.15, 0.2) is 0 Å². The number of piperidine rings is 1. The molecule has 4 saturated carbocycles. The van der Waals surface area contributed by atoms with Crippen molar-refractivity contribution in [3.8, 4) is 0 Å². The van der Waals surface area contributed by atoms with Crippen LogP contribution in [0.25, 0.3) is 0 Å². The second-order valence-electron chi connectivity index (χ2n) is 34.1. The summed E-state index contributed by atoms with van der Waals surface area (Å²) in [5, 5.41) is 8.72. The number of likely N-dealkylation sites (tertiary alicyclic amines) is 1. The van der Waals surface area contributed by atoms with Gasteiger partial charge in [0.05, 0.1) is 44.2 Å². The van der Waals surface area contributed by atoms with E-state index in [0.29, 0.717) is 70.9 Å². The summed E-state index contributed by atoms with van der Waals surface area (Å²) in [5.41, 5.74) is -1.71. The monoisotopic (exact) mass is 1580 g/mol. The van der Waals surface area contributed by atoms with Crippen LogP contribution in [0.15, 0.2) is 0 Å². The van der Waals surface area contributed by atoms with Gasteiger partial charge in [-0.2, -0.15) is 22.0 Å². The summed E-state index contributed by atoms with van der Waals surface area (Å²) in [5.74, 6) is -12.6. The number of fused-ring (bicyclic) bond motifs is 1. The minimum atomic E-state index is -4.81. The van der Waals surface area contributed by atoms with Crippen LogP contribution in [0.2, 0.25) is 0 Å². The van der Waals surface area contributed by atoms with Crippen molar-refractivity contribution in [1.82, 2.24) is 60.0 Å². The predicted octanol–water partition coefficient (Wildman–Crippen LogP) is 7.47. The van der Waals surface area contributed by atoms with Crippen molar-refractivity contribution in [2.24, 2.45) is 41.4 Å². The van der Waals surface area contributed by atoms with E-state index in [1.54, 1.807) is 11.8 Å². The quantitative estimate of drug-likeness (QED) is 0.119. The highest BCUT2D eigenvalue weighted by Crippen LogP contribution is 2.43. The molecule has 3 unspecified atom stereocenters. The van der Waals surface area contributed by atoms with E-state index in [4.69, 9.17) is 9.47 Å². The number of hydrogen-bond donors (Lipinski definition) is 3. The molecule has 0 aromatic heterocycles. The third kappa shape index (κ3) is 24.8. The van der Waals surface area contributed by atoms with Crippen LogP contribution < -0.4 is 16.0 Å². The Bertz CT molecular complexity index is 3180. The summed E-state index contributed by atoms with van der Waals surface area (Å²) in [7, 11) is 9.72. The van der Waals surface area contributed by atoms with E-state index in [0.717, 1.165) is 53.2 Å². The molecule has 32 heteroatoms. The average Bonchev–Trinajstić information content (AvgIpc) is 1.67. The number of halogens is 6. The van der Waals surface area contributed by atoms with Crippen LogP contribution in [0.3, 0.4) is 0 Å². The molecule has 0 bridgehead atoms. The average molecular weight is 1580 g/mol. The largest absolute Gasteiger partial charge is 0.394 e. The van der Waals surface area contributed by atoms with Crippen molar-refractivity contribution >= 4 is 70.9 Å². The summed E-state index contributed by atoms with van der Waals surface area (Å²) in [4.78, 5) is 192. The molecular weight excluding hydrogens is 1450 g/mol. The first-order valence-electron chi connectivity index (χ1n) is 40.8. The summed E-state index contributed by atoms with van der Waals surface area (Å²) in [6.45, 7) is 6.63. The predicted molar refractivity (Wildman–Crippen MR) is 401 cm³/mol. The van der Waals surface area contributed by atoms with Gasteiger partial charge in [0.1, 0.15) is 54.0 Å². The first-order valence-corrected chi connectivity index (χ1v) is 40.8. The number of carbonyl (C=O) groups excluding carboxylic acids is 12. The van der Waals surface area contributed by atoms with E-state index < -0.39 is 207 Å². The van der Waals surface area contributed by atoms with Gasteiger partial charge in [0.2, 0.25) is 70.9 Å². The van der Waals surface area contributed by atoms with E-state index in [1.165, 1.54) is 73.8 Å². The molecule has 7 aliphatic rings. The van der Waals surface area contributed by atoms with Crippen LogP contribution in [-0.4, -0.2) is 289 Å². The summed E-state index contributed by atoms with van der Waals surface area (Å²) < 4.78 is 95.6. The normalized spacial score (nSPS) is 30.3. The Kier molecular flexibility index (Phi) is 34.1. The Hall–Kier alpha value is -6.86. The van der Waals surface area contributed by atoms with Crippen molar-refractivity contribution in [2.45, 2.75) is 294 Å². The number of carbonyl (C=O) groups is 12. The molecule has 4 aliphatic carbocycles. The van der Waals surface area contributed by atoms with E-state index in [-0.39, 0.29) is 94.6 Å². The lowest BCUT2D eigenvalue weighted by atomic mass is 9.78. The van der Waals surface area contributed by atoms with Gasteiger partial charge in [0, 0.05) is 82.0 Å². The zero-order chi connectivity index (χ0) is 82.1. The third-order valence-electron chi connectivity index (χ3n) is 24.8. The van der Waals surface area contributed by atoms with Gasteiger partial charge in [-0.1, -0.05) is 92.9 Å². The van der Waals surface area contributed by atoms with Gasteiger partial charge >= 0.3 is 12.8 Å². The number of ether oxygens (including phenoxy) is 2. The molecule has 12 atom stereocenters. The number of nitrogens with zero attached hydrogens (tertiary/aromatic N) is 9. The summed E-state index contributed by atoms with van der Waals surface area (Å²) in [6, 6.07) is -9.43. The highest BCUT2D eigenvalue weighted by molar-refractivity contribution is 6.00. The molecule has 7 fully saturated rings. The Labute approximate surface area is 652 Å². The first kappa shape index (κ1) is 91.3. The van der Waals surface area contributed by atoms with Crippen LogP contribution in [0.5, 0.6) is 0 Å². The number of likely N-dealkylation sites (N-methyl/N-ethyl adjacent to an activating group) is 7. The molecule has 12 amide bonds. The second kappa shape index (κ2) is 41.4. The fourth-order valence-electron chi connectivity index (χ4n) is 17.6. The fraction of sp³-hybridized carbons (Fsp3) is 0.848. The molecule has 26 nitrogen and oxygen atoms in total. The molecule has 3 heterocycles. The maximum atomic E-state index is 15.8. The van der Waals surface area contributed by atoms with Gasteiger partial charge in [-0.15, -0.1) is 0 Å². The van der Waals surface area contributed by atoms with Gasteiger partial charge in [-0.25, -0.2) is 4.39 Å². The molecule has 111 heavy (non-hydrogen) atoms. The van der Waals surface area contributed by atoms with Gasteiger partial charge < -0.3 is 69.5 Å². The summed E-state index contributed by atoms with van der Waals surface area (Å²) >= 11 is 0. The van der Waals surface area contributed by atoms with E-state index in [2.05, 4.69) is 16.0 Å². The lowest BCUT2D eigenvalue weighted by molar-refractivity contribution is -0.201. The fourth-order valence-corrected chi connectivity index (χ4v) is 17.6. The smallest absolute Gasteiger partial charge is 0.376 e. The number of nitrogens with one attached hydrogen (secondary N) is 3. The topological polar surface area (TPSA) is 289 Å². The van der Waals surface area contributed by atoms with Crippen LogP contribution >= 0.6 is 0 Å². The van der Waals surface area contributed by atoms with Crippen molar-refractivity contribution in [3.63, 3.8) is 0 Å². The molecule has 630 valence electrons. The molecule has 0 aromatic rings. The molecule has 3 aliphatic heterocycles. The standard InChI is InChI=1S/C79H128F6N12O14/c1-14-50(6)68-75(108)91(9)45-66(100)89(7)46-67(101)93(11)62(40-51-23-17-15-18-24-51)72(105)90(8)44-64(98)86-58(32-28-52-27-31-56(57(80)39-52)79(83,84)85)71(104)97-43-55(110-47-53-25-29-54(30-26-53)111-77(81)82)41-60(97)70(103)88-78(33-19-20-34-78)76(109)95(13)61(38-49(4)5)73(106)94(12)63(74(107)96-35-21-16-22-36-96)42-65(99)92(10)59(37-48(2)3)69(102)87-68/h48-63,68,77H,14-47H2,1-13H3,(H,86,98)(H,87,102)(H,88,103)/t50-,52?,53?,54?,55-,56?,57?,58-,59-,60-,61-,62-,63-,68-/m0/s1. The third-order valence-corrected chi connectivity index (χ3v) is 24.8. The van der Waals surface area contributed by atoms with Gasteiger partial charge in [0.25, 0.3) is 0 Å². The lowest BCUT2D eigenvalue weighted by Crippen LogP contribution is -2.64.